The molecule has 0 bridgehead atoms. The molecule has 1 aliphatic rings. The number of benzene rings is 1. The first kappa shape index (κ1) is 13.4. The van der Waals surface area contributed by atoms with Crippen LogP contribution in [-0.2, 0) is 9.59 Å². The zero-order chi connectivity index (χ0) is 14.0. The van der Waals surface area contributed by atoms with Crippen molar-refractivity contribution < 1.29 is 14.4 Å². The van der Waals surface area contributed by atoms with Crippen molar-refractivity contribution in [1.82, 2.24) is 5.32 Å². The van der Waals surface area contributed by atoms with E-state index in [1.54, 1.807) is 6.07 Å². The van der Waals surface area contributed by atoms with Gasteiger partial charge in [0.2, 0.25) is 5.91 Å². The Labute approximate surface area is 114 Å². The number of thioether (sulfide) groups is 1. The summed E-state index contributed by atoms with van der Waals surface area (Å²) in [5.74, 6) is -0.994. The van der Waals surface area contributed by atoms with Gasteiger partial charge in [0.25, 0.3) is 11.1 Å². The molecule has 1 atom stereocenters. The highest BCUT2D eigenvalue weighted by molar-refractivity contribution is 8.15. The molecule has 2 rings (SSSR count). The van der Waals surface area contributed by atoms with Crippen LogP contribution in [0.15, 0.2) is 24.3 Å². The molecule has 0 unspecified atom stereocenters. The van der Waals surface area contributed by atoms with Gasteiger partial charge in [0.1, 0.15) is 0 Å². The molecule has 3 amide bonds. The summed E-state index contributed by atoms with van der Waals surface area (Å²) in [5.41, 5.74) is 6.88. The van der Waals surface area contributed by atoms with Gasteiger partial charge < -0.3 is 10.6 Å². The molecule has 7 heteroatoms. The minimum atomic E-state index is -0.762. The summed E-state index contributed by atoms with van der Waals surface area (Å²) >= 11 is 0.843. The zero-order valence-corrected chi connectivity index (χ0v) is 11.1. The van der Waals surface area contributed by atoms with Gasteiger partial charge in [0, 0.05) is 5.69 Å². The third-order valence-electron chi connectivity index (χ3n) is 2.61. The molecule has 3 N–H and O–H groups in total. The van der Waals surface area contributed by atoms with Gasteiger partial charge >= 0.3 is 0 Å². The Bertz CT molecular complexity index is 547. The first-order valence-electron chi connectivity index (χ1n) is 5.60. The van der Waals surface area contributed by atoms with Crippen molar-refractivity contribution in [3.8, 4) is 0 Å². The average molecular weight is 279 g/mol. The number of amides is 3. The molecule has 1 heterocycles. The Morgan fingerprint density at radius 3 is 2.74 bits per heavy atom. The molecule has 6 nitrogen and oxygen atoms in total. The van der Waals surface area contributed by atoms with Gasteiger partial charge in [-0.25, -0.2) is 0 Å². The molecule has 0 radical (unpaired) electrons. The molecule has 0 aliphatic carbocycles. The fourth-order valence-corrected chi connectivity index (χ4v) is 2.69. The van der Waals surface area contributed by atoms with Crippen molar-refractivity contribution in [2.75, 3.05) is 11.4 Å². The number of rotatable bonds is 4. The second-order valence-corrected chi connectivity index (χ2v) is 5.23. The van der Waals surface area contributed by atoms with Gasteiger partial charge in [0.05, 0.1) is 6.54 Å². The van der Waals surface area contributed by atoms with E-state index < -0.39 is 22.4 Å². The van der Waals surface area contributed by atoms with Gasteiger partial charge in [-0.1, -0.05) is 12.1 Å². The Kier molecular flexibility index (Phi) is 3.75. The fraction of sp³-hybridized carbons (Fsp3) is 0.250. The lowest BCUT2D eigenvalue weighted by Crippen LogP contribution is -2.44. The smallest absolute Gasteiger partial charge is 0.288 e. The summed E-state index contributed by atoms with van der Waals surface area (Å²) in [5, 5.41) is 1.01. The van der Waals surface area contributed by atoms with Gasteiger partial charge in [-0.2, -0.15) is 0 Å². The molecule has 19 heavy (non-hydrogen) atoms. The summed E-state index contributed by atoms with van der Waals surface area (Å²) in [6, 6.07) is 7.32. The van der Waals surface area contributed by atoms with Crippen molar-refractivity contribution in [2.45, 2.75) is 12.3 Å². The summed E-state index contributed by atoms with van der Waals surface area (Å²) in [4.78, 5) is 35.7. The lowest BCUT2D eigenvalue weighted by molar-refractivity contribution is -0.119. The standard InChI is InChI=1S/C12H13N3O3S/c1-7-3-2-4-8(5-7)15(6-9(13)16)11-10(17)14-12(18)19-11/h2-5,11H,6H2,1H3,(H2,13,16)(H,14,17,18)/t11-/m0/s1. The topological polar surface area (TPSA) is 92.5 Å². The predicted octanol–water partition coefficient (Wildman–Crippen LogP) is 0.596. The average Bonchev–Trinajstić information content (AvgIpc) is 2.65. The van der Waals surface area contributed by atoms with E-state index in [0.29, 0.717) is 5.69 Å². The number of carbonyl (C=O) groups is 3. The lowest BCUT2D eigenvalue weighted by Gasteiger charge is -2.27. The Hall–Kier alpha value is -2.02. The van der Waals surface area contributed by atoms with Gasteiger partial charge in [-0.15, -0.1) is 0 Å². The third kappa shape index (κ3) is 3.05. The maximum absolute atomic E-state index is 11.7. The lowest BCUT2D eigenvalue weighted by atomic mass is 10.2. The van der Waals surface area contributed by atoms with Gasteiger partial charge in [-0.05, 0) is 36.4 Å². The Balaban J connectivity index is 2.33. The molecule has 100 valence electrons. The SMILES string of the molecule is Cc1cccc(N(CC(N)=O)[C@H]2SC(=O)NC2=O)c1. The first-order chi connectivity index (χ1) is 8.97. The van der Waals surface area contributed by atoms with E-state index in [4.69, 9.17) is 5.73 Å². The van der Waals surface area contributed by atoms with Crippen molar-refractivity contribution in [1.29, 1.82) is 0 Å². The van der Waals surface area contributed by atoms with Crippen molar-refractivity contribution in [2.24, 2.45) is 5.73 Å². The minimum absolute atomic E-state index is 0.123. The van der Waals surface area contributed by atoms with Gasteiger partial charge in [-0.3, -0.25) is 19.7 Å². The third-order valence-corrected chi connectivity index (χ3v) is 3.62. The Morgan fingerprint density at radius 1 is 1.47 bits per heavy atom. The summed E-state index contributed by atoms with van der Waals surface area (Å²) in [6.07, 6.45) is 0. The predicted molar refractivity (Wildman–Crippen MR) is 72.6 cm³/mol. The van der Waals surface area contributed by atoms with Crippen LogP contribution in [0.5, 0.6) is 0 Å². The van der Waals surface area contributed by atoms with Crippen LogP contribution in [0, 0.1) is 6.92 Å². The monoisotopic (exact) mass is 279 g/mol. The number of anilines is 1. The molecular weight excluding hydrogens is 266 g/mol. The first-order valence-corrected chi connectivity index (χ1v) is 6.48. The van der Waals surface area contributed by atoms with Crippen LogP contribution in [-0.4, -0.2) is 29.0 Å². The van der Waals surface area contributed by atoms with E-state index in [-0.39, 0.29) is 6.54 Å². The van der Waals surface area contributed by atoms with Crippen LogP contribution < -0.4 is 16.0 Å². The fourth-order valence-electron chi connectivity index (χ4n) is 1.84. The largest absolute Gasteiger partial charge is 0.368 e. The highest BCUT2D eigenvalue weighted by Crippen LogP contribution is 2.28. The summed E-state index contributed by atoms with van der Waals surface area (Å²) < 4.78 is 0. The highest BCUT2D eigenvalue weighted by atomic mass is 32.2. The van der Waals surface area contributed by atoms with Crippen molar-refractivity contribution in [3.05, 3.63) is 29.8 Å². The second-order valence-electron chi connectivity index (χ2n) is 4.18. The highest BCUT2D eigenvalue weighted by Gasteiger charge is 2.37. The van der Waals surface area contributed by atoms with Crippen molar-refractivity contribution >= 4 is 34.5 Å². The maximum Gasteiger partial charge on any atom is 0.288 e. The normalized spacial score (nSPS) is 18.3. The molecule has 1 aliphatic heterocycles. The molecule has 1 fully saturated rings. The number of aryl methyl sites for hydroxylation is 1. The van der Waals surface area contributed by atoms with Crippen LogP contribution in [0.1, 0.15) is 5.56 Å². The number of nitrogens with one attached hydrogen (secondary N) is 1. The van der Waals surface area contributed by atoms with Gasteiger partial charge in [0.15, 0.2) is 5.37 Å². The number of primary amides is 1. The maximum atomic E-state index is 11.7. The summed E-state index contributed by atoms with van der Waals surface area (Å²) in [7, 11) is 0. The molecular formula is C12H13N3O3S. The zero-order valence-electron chi connectivity index (χ0n) is 10.3. The second kappa shape index (κ2) is 5.31. The van der Waals surface area contributed by atoms with E-state index in [9.17, 15) is 14.4 Å². The number of hydrogen-bond acceptors (Lipinski definition) is 5. The molecule has 1 aromatic carbocycles. The number of hydrogen-bond donors (Lipinski definition) is 2. The quantitative estimate of drug-likeness (QED) is 0.841. The molecule has 1 aromatic rings. The number of imide groups is 1. The number of nitrogens with zero attached hydrogens (tertiary/aromatic N) is 1. The molecule has 0 saturated carbocycles. The molecule has 0 spiro atoms. The van der Waals surface area contributed by atoms with E-state index >= 15 is 0 Å². The minimum Gasteiger partial charge on any atom is -0.368 e. The van der Waals surface area contributed by atoms with E-state index in [1.807, 2.05) is 25.1 Å². The number of nitrogens with two attached hydrogens (primary N) is 1. The van der Waals surface area contributed by atoms with Crippen LogP contribution in [0.2, 0.25) is 0 Å². The molecule has 0 aromatic heterocycles. The van der Waals surface area contributed by atoms with E-state index in [0.717, 1.165) is 17.3 Å². The summed E-state index contributed by atoms with van der Waals surface area (Å²) in [6.45, 7) is 1.78. The van der Waals surface area contributed by atoms with Crippen LogP contribution in [0.4, 0.5) is 10.5 Å². The van der Waals surface area contributed by atoms with Crippen LogP contribution in [0.25, 0.3) is 0 Å². The van der Waals surface area contributed by atoms with E-state index in [2.05, 4.69) is 5.32 Å². The van der Waals surface area contributed by atoms with Crippen LogP contribution >= 0.6 is 11.8 Å². The van der Waals surface area contributed by atoms with Crippen molar-refractivity contribution in [3.63, 3.8) is 0 Å². The molecule has 1 saturated heterocycles. The Morgan fingerprint density at radius 2 is 2.21 bits per heavy atom. The van der Waals surface area contributed by atoms with Crippen LogP contribution in [0.3, 0.4) is 0 Å². The number of carbonyl (C=O) groups excluding carboxylic acids is 3. The van der Waals surface area contributed by atoms with E-state index in [1.165, 1.54) is 4.90 Å².